The van der Waals surface area contributed by atoms with Crippen molar-refractivity contribution in [3.05, 3.63) is 54.4 Å². The second kappa shape index (κ2) is 8.24. The monoisotopic (exact) mass is 315 g/mol. The maximum absolute atomic E-state index is 10.2. The highest BCUT2D eigenvalue weighted by Crippen LogP contribution is 2.19. The van der Waals surface area contributed by atoms with Gasteiger partial charge in [-0.05, 0) is 31.0 Å². The Bertz CT molecular complexity index is 559. The Labute approximate surface area is 137 Å². The summed E-state index contributed by atoms with van der Waals surface area (Å²) in [6, 6.07) is 12.5. The van der Waals surface area contributed by atoms with Gasteiger partial charge in [-0.25, -0.2) is 0 Å². The number of benzene rings is 1. The van der Waals surface area contributed by atoms with E-state index in [1.807, 2.05) is 53.5 Å². The maximum atomic E-state index is 10.2. The summed E-state index contributed by atoms with van der Waals surface area (Å²) in [5.74, 6) is 0. The van der Waals surface area contributed by atoms with E-state index in [1.54, 1.807) is 0 Å². The second-order valence-electron chi connectivity index (χ2n) is 6.17. The average molecular weight is 315 g/mol. The van der Waals surface area contributed by atoms with Crippen LogP contribution in [0.1, 0.15) is 18.4 Å². The molecule has 1 aliphatic heterocycles. The van der Waals surface area contributed by atoms with Gasteiger partial charge in [0.05, 0.1) is 25.9 Å². The van der Waals surface area contributed by atoms with E-state index in [2.05, 4.69) is 10.00 Å². The topological polar surface area (TPSA) is 50.5 Å². The molecule has 5 heteroatoms. The summed E-state index contributed by atoms with van der Waals surface area (Å²) in [5, 5.41) is 14.5. The molecule has 0 radical (unpaired) electrons. The van der Waals surface area contributed by atoms with Crippen molar-refractivity contribution in [1.29, 1.82) is 0 Å². The minimum atomic E-state index is -0.447. The van der Waals surface area contributed by atoms with Crippen molar-refractivity contribution in [2.75, 3.05) is 19.7 Å². The van der Waals surface area contributed by atoms with Crippen molar-refractivity contribution in [1.82, 2.24) is 14.7 Å². The molecule has 1 aromatic heterocycles. The van der Waals surface area contributed by atoms with Crippen molar-refractivity contribution in [3.63, 3.8) is 0 Å². The smallest absolute Gasteiger partial charge is 0.0900 e. The lowest BCUT2D eigenvalue weighted by Gasteiger charge is -2.26. The van der Waals surface area contributed by atoms with Gasteiger partial charge in [-0.3, -0.25) is 9.58 Å². The molecule has 1 saturated heterocycles. The van der Waals surface area contributed by atoms with Gasteiger partial charge in [0.25, 0.3) is 0 Å². The van der Waals surface area contributed by atoms with E-state index in [0.29, 0.717) is 25.8 Å². The highest BCUT2D eigenvalue weighted by atomic mass is 16.5. The summed E-state index contributed by atoms with van der Waals surface area (Å²) < 4.78 is 7.61. The Kier molecular flexibility index (Phi) is 5.80. The zero-order valence-electron chi connectivity index (χ0n) is 13.4. The number of rotatable bonds is 8. The third-order valence-electron chi connectivity index (χ3n) is 4.32. The number of likely N-dealkylation sites (tertiary alicyclic amines) is 1. The molecule has 2 aromatic rings. The Morgan fingerprint density at radius 1 is 1.26 bits per heavy atom. The molecule has 1 aliphatic rings. The molecule has 23 heavy (non-hydrogen) atoms. The molecule has 2 atom stereocenters. The average Bonchev–Trinajstić information content (AvgIpc) is 3.22. The van der Waals surface area contributed by atoms with Crippen molar-refractivity contribution in [3.8, 4) is 0 Å². The number of nitrogens with zero attached hydrogens (tertiary/aromatic N) is 3. The molecule has 0 unspecified atom stereocenters. The number of β-amino-alcohol motifs (C(OH)–C–C–N with tert-alkyl or cyclic N) is 1. The van der Waals surface area contributed by atoms with Crippen LogP contribution < -0.4 is 0 Å². The fraction of sp³-hybridized carbons (Fsp3) is 0.500. The summed E-state index contributed by atoms with van der Waals surface area (Å²) in [5.41, 5.74) is 1.14. The van der Waals surface area contributed by atoms with Gasteiger partial charge in [0.1, 0.15) is 0 Å². The molecule has 0 bridgehead atoms. The molecule has 3 rings (SSSR count). The van der Waals surface area contributed by atoms with Crippen LogP contribution in [0.2, 0.25) is 0 Å². The van der Waals surface area contributed by atoms with Crippen molar-refractivity contribution in [2.24, 2.45) is 0 Å². The predicted molar refractivity (Wildman–Crippen MR) is 88.9 cm³/mol. The molecule has 0 saturated carbocycles. The normalized spacial score (nSPS) is 20.0. The number of hydrogen-bond acceptors (Lipinski definition) is 4. The van der Waals surface area contributed by atoms with E-state index in [0.717, 1.165) is 25.1 Å². The lowest BCUT2D eigenvalue weighted by atomic mass is 10.2. The first-order valence-electron chi connectivity index (χ1n) is 8.32. The first-order chi connectivity index (χ1) is 11.3. The van der Waals surface area contributed by atoms with Crippen LogP contribution in [0.25, 0.3) is 0 Å². The molecule has 2 heterocycles. The van der Waals surface area contributed by atoms with E-state index >= 15 is 0 Å². The quantitative estimate of drug-likeness (QED) is 0.809. The fourth-order valence-electron chi connectivity index (χ4n) is 3.18. The first kappa shape index (κ1) is 16.2. The van der Waals surface area contributed by atoms with Gasteiger partial charge in [0, 0.05) is 25.0 Å². The third-order valence-corrected chi connectivity index (χ3v) is 4.32. The van der Waals surface area contributed by atoms with Crippen LogP contribution in [0, 0.1) is 0 Å². The largest absolute Gasteiger partial charge is 0.389 e. The first-order valence-corrected chi connectivity index (χ1v) is 8.32. The minimum Gasteiger partial charge on any atom is -0.389 e. The van der Waals surface area contributed by atoms with Crippen molar-refractivity contribution < 1.29 is 9.84 Å². The van der Waals surface area contributed by atoms with Gasteiger partial charge in [-0.2, -0.15) is 5.10 Å². The summed E-state index contributed by atoms with van der Waals surface area (Å²) in [6.07, 6.45) is 5.71. The molecule has 124 valence electrons. The molecule has 0 spiro atoms. The highest BCUT2D eigenvalue weighted by molar-refractivity contribution is 5.13. The summed E-state index contributed by atoms with van der Waals surface area (Å²) in [6.45, 7) is 3.53. The molecular weight excluding hydrogens is 290 g/mol. The van der Waals surface area contributed by atoms with Crippen LogP contribution in [-0.2, 0) is 17.9 Å². The van der Waals surface area contributed by atoms with Gasteiger partial charge >= 0.3 is 0 Å². The maximum Gasteiger partial charge on any atom is 0.0900 e. The van der Waals surface area contributed by atoms with Crippen LogP contribution in [-0.4, -0.2) is 51.6 Å². The SMILES string of the molecule is O[C@H](COCc1ccccc1)CN1CCC[C@@H]1Cn1cccn1. The third kappa shape index (κ3) is 4.89. The van der Waals surface area contributed by atoms with Gasteiger partial charge < -0.3 is 9.84 Å². The van der Waals surface area contributed by atoms with E-state index in [4.69, 9.17) is 4.74 Å². The number of aromatic nitrogens is 2. The van der Waals surface area contributed by atoms with Crippen LogP contribution in [0.15, 0.2) is 48.8 Å². The molecule has 1 fully saturated rings. The standard InChI is InChI=1S/C18H25N3O2/c22-18(15-23-14-16-6-2-1-3-7-16)13-20-10-4-8-17(20)12-21-11-5-9-19-21/h1-3,5-7,9,11,17-18,22H,4,8,10,12-15H2/t17-,18+/m1/s1. The van der Waals surface area contributed by atoms with Crippen LogP contribution in [0.4, 0.5) is 0 Å². The summed E-state index contributed by atoms with van der Waals surface area (Å²) in [4.78, 5) is 2.36. The predicted octanol–water partition coefficient (Wildman–Crippen LogP) is 1.93. The second-order valence-corrected chi connectivity index (χ2v) is 6.17. The Morgan fingerprint density at radius 2 is 2.13 bits per heavy atom. The van der Waals surface area contributed by atoms with E-state index in [-0.39, 0.29) is 0 Å². The Hall–Kier alpha value is -1.69. The van der Waals surface area contributed by atoms with Crippen molar-refractivity contribution in [2.45, 2.75) is 38.1 Å². The molecule has 0 aliphatic carbocycles. The molecule has 1 N–H and O–H groups in total. The van der Waals surface area contributed by atoms with Gasteiger partial charge in [0.15, 0.2) is 0 Å². The van der Waals surface area contributed by atoms with E-state index in [1.165, 1.54) is 6.42 Å². The number of aliphatic hydroxyl groups is 1. The van der Waals surface area contributed by atoms with Gasteiger partial charge in [0.2, 0.25) is 0 Å². The fourth-order valence-corrected chi connectivity index (χ4v) is 3.18. The molecule has 1 aromatic carbocycles. The highest BCUT2D eigenvalue weighted by Gasteiger charge is 2.26. The zero-order chi connectivity index (χ0) is 15.9. The Morgan fingerprint density at radius 3 is 2.91 bits per heavy atom. The number of aliphatic hydroxyl groups excluding tert-OH is 1. The summed E-state index contributed by atoms with van der Waals surface area (Å²) in [7, 11) is 0. The molecule has 0 amide bonds. The van der Waals surface area contributed by atoms with E-state index in [9.17, 15) is 5.11 Å². The van der Waals surface area contributed by atoms with E-state index < -0.39 is 6.10 Å². The lowest BCUT2D eigenvalue weighted by molar-refractivity contribution is 0.00666. The lowest BCUT2D eigenvalue weighted by Crippen LogP contribution is -2.40. The summed E-state index contributed by atoms with van der Waals surface area (Å²) >= 11 is 0. The Balaban J connectivity index is 1.40. The molecule has 5 nitrogen and oxygen atoms in total. The van der Waals surface area contributed by atoms with Crippen LogP contribution in [0.5, 0.6) is 0 Å². The minimum absolute atomic E-state index is 0.375. The van der Waals surface area contributed by atoms with Gasteiger partial charge in [-0.15, -0.1) is 0 Å². The number of ether oxygens (including phenoxy) is 1. The van der Waals surface area contributed by atoms with Crippen molar-refractivity contribution >= 4 is 0 Å². The number of hydrogen-bond donors (Lipinski definition) is 1. The molecular formula is C18H25N3O2. The van der Waals surface area contributed by atoms with Crippen LogP contribution >= 0.6 is 0 Å². The zero-order valence-corrected chi connectivity index (χ0v) is 13.4. The van der Waals surface area contributed by atoms with Crippen LogP contribution in [0.3, 0.4) is 0 Å². The van der Waals surface area contributed by atoms with Gasteiger partial charge in [-0.1, -0.05) is 30.3 Å².